The molecule has 0 radical (unpaired) electrons. The van der Waals surface area contributed by atoms with E-state index in [1.165, 1.54) is 5.56 Å². The van der Waals surface area contributed by atoms with Crippen LogP contribution in [0.4, 0.5) is 0 Å². The third-order valence-electron chi connectivity index (χ3n) is 7.62. The van der Waals surface area contributed by atoms with Crippen molar-refractivity contribution in [3.05, 3.63) is 76.0 Å². The standard InChI is InChI=1S/C31H32N2O7/c1-19-12-23(34)22(17-33-10-8-32(9-11-33)16-21-5-7-25-27(15-21)39-18-38-25)31-29(19)30(35)28(40-31)14-20-4-6-24(36-2)26(13-20)37-3/h4-7,12-15,34H,8-11,16-18H2,1-3H3/b28-14-. The number of fused-ring (bicyclic) bond motifs is 2. The van der Waals surface area contributed by atoms with E-state index < -0.39 is 0 Å². The van der Waals surface area contributed by atoms with Gasteiger partial charge in [0.1, 0.15) is 11.5 Å². The summed E-state index contributed by atoms with van der Waals surface area (Å²) in [5.74, 6) is 3.35. The Morgan fingerprint density at radius 1 is 0.900 bits per heavy atom. The number of carbonyl (C=O) groups is 1. The zero-order valence-electron chi connectivity index (χ0n) is 22.9. The Morgan fingerprint density at radius 2 is 1.62 bits per heavy atom. The number of rotatable bonds is 7. The topological polar surface area (TPSA) is 89.9 Å². The van der Waals surface area contributed by atoms with Crippen LogP contribution < -0.4 is 23.7 Å². The molecule has 1 N–H and O–H groups in total. The van der Waals surface area contributed by atoms with Gasteiger partial charge in [0.2, 0.25) is 12.6 Å². The Hall–Kier alpha value is -4.21. The smallest absolute Gasteiger partial charge is 0.232 e. The van der Waals surface area contributed by atoms with Gasteiger partial charge in [-0.1, -0.05) is 12.1 Å². The number of ether oxygens (including phenoxy) is 5. The van der Waals surface area contributed by atoms with Crippen molar-refractivity contribution in [2.75, 3.05) is 47.2 Å². The van der Waals surface area contributed by atoms with Crippen LogP contribution in [0.5, 0.6) is 34.5 Å². The number of aromatic hydroxyl groups is 1. The first-order chi connectivity index (χ1) is 19.4. The molecule has 0 bridgehead atoms. The second kappa shape index (κ2) is 10.7. The van der Waals surface area contributed by atoms with Crippen molar-refractivity contribution in [2.24, 2.45) is 0 Å². The van der Waals surface area contributed by atoms with Crippen molar-refractivity contribution in [2.45, 2.75) is 20.0 Å². The van der Waals surface area contributed by atoms with Gasteiger partial charge in [0.05, 0.1) is 25.3 Å². The van der Waals surface area contributed by atoms with E-state index in [4.69, 9.17) is 23.7 Å². The number of nitrogens with zero attached hydrogens (tertiary/aromatic N) is 2. The summed E-state index contributed by atoms with van der Waals surface area (Å²) in [7, 11) is 3.14. The molecule has 40 heavy (non-hydrogen) atoms. The van der Waals surface area contributed by atoms with Gasteiger partial charge in [-0.3, -0.25) is 14.6 Å². The summed E-state index contributed by atoms with van der Waals surface area (Å²) in [6.07, 6.45) is 1.69. The van der Waals surface area contributed by atoms with E-state index in [1.54, 1.807) is 38.5 Å². The number of hydrogen-bond acceptors (Lipinski definition) is 9. The lowest BCUT2D eigenvalue weighted by Gasteiger charge is -2.35. The third kappa shape index (κ3) is 4.94. The molecule has 3 aliphatic heterocycles. The van der Waals surface area contributed by atoms with E-state index in [2.05, 4.69) is 15.9 Å². The predicted octanol–water partition coefficient (Wildman–Crippen LogP) is 4.38. The first kappa shape index (κ1) is 26.0. The molecular weight excluding hydrogens is 512 g/mol. The van der Waals surface area contributed by atoms with Crippen molar-refractivity contribution >= 4 is 11.9 Å². The minimum absolute atomic E-state index is 0.138. The number of carbonyl (C=O) groups excluding carboxylic acids is 1. The third-order valence-corrected chi connectivity index (χ3v) is 7.62. The number of Topliss-reactive ketones (excluding diaryl/α,β-unsaturated/α-hetero) is 1. The van der Waals surface area contributed by atoms with Gasteiger partial charge in [-0.2, -0.15) is 0 Å². The molecule has 9 heteroatoms. The van der Waals surface area contributed by atoms with Crippen molar-refractivity contribution in [1.82, 2.24) is 9.80 Å². The molecule has 9 nitrogen and oxygen atoms in total. The van der Waals surface area contributed by atoms with Gasteiger partial charge < -0.3 is 28.8 Å². The summed E-state index contributed by atoms with van der Waals surface area (Å²) >= 11 is 0. The highest BCUT2D eigenvalue weighted by atomic mass is 16.7. The molecule has 1 fully saturated rings. The number of phenols is 1. The fourth-order valence-electron chi connectivity index (χ4n) is 5.45. The summed E-state index contributed by atoms with van der Waals surface area (Å²) in [5.41, 5.74) is 3.75. The molecule has 1 saturated heterocycles. The quantitative estimate of drug-likeness (QED) is 0.435. The highest BCUT2D eigenvalue weighted by Crippen LogP contribution is 2.43. The maximum atomic E-state index is 13.4. The van der Waals surface area contributed by atoms with E-state index in [0.29, 0.717) is 40.5 Å². The molecular formula is C31H32N2O7. The fourth-order valence-corrected chi connectivity index (χ4v) is 5.45. The number of aryl methyl sites for hydroxylation is 1. The van der Waals surface area contributed by atoms with E-state index in [-0.39, 0.29) is 24.1 Å². The lowest BCUT2D eigenvalue weighted by Crippen LogP contribution is -2.45. The second-order valence-electron chi connectivity index (χ2n) is 10.2. The van der Waals surface area contributed by atoms with E-state index in [0.717, 1.165) is 49.8 Å². The van der Waals surface area contributed by atoms with E-state index in [1.807, 2.05) is 25.1 Å². The van der Waals surface area contributed by atoms with Crippen molar-refractivity contribution < 1.29 is 33.6 Å². The fraction of sp³-hybridized carbons (Fsp3) is 0.323. The monoisotopic (exact) mass is 544 g/mol. The molecule has 0 unspecified atom stereocenters. The molecule has 6 rings (SSSR count). The molecule has 0 atom stereocenters. The Balaban J connectivity index is 1.16. The van der Waals surface area contributed by atoms with Crippen LogP contribution in [-0.4, -0.2) is 67.9 Å². The normalized spacial score (nSPS) is 17.7. The molecule has 0 aromatic heterocycles. The van der Waals surface area contributed by atoms with Crippen LogP contribution in [-0.2, 0) is 13.1 Å². The minimum Gasteiger partial charge on any atom is -0.507 e. The average Bonchev–Trinajstić information content (AvgIpc) is 3.56. The van der Waals surface area contributed by atoms with Crippen LogP contribution in [0.1, 0.15) is 32.6 Å². The maximum Gasteiger partial charge on any atom is 0.232 e. The van der Waals surface area contributed by atoms with Crippen LogP contribution in [0.15, 0.2) is 48.2 Å². The van der Waals surface area contributed by atoms with E-state index >= 15 is 0 Å². The minimum atomic E-state index is -0.197. The summed E-state index contributed by atoms with van der Waals surface area (Å²) in [6, 6.07) is 13.2. The zero-order chi connectivity index (χ0) is 27.8. The second-order valence-corrected chi connectivity index (χ2v) is 10.2. The lowest BCUT2D eigenvalue weighted by molar-refractivity contribution is 0.101. The van der Waals surface area contributed by atoms with Gasteiger partial charge in [-0.15, -0.1) is 0 Å². The van der Waals surface area contributed by atoms with Crippen molar-refractivity contribution in [3.63, 3.8) is 0 Å². The number of piperazine rings is 1. The van der Waals surface area contributed by atoms with Gasteiger partial charge in [0, 0.05) is 39.3 Å². The zero-order valence-corrected chi connectivity index (χ0v) is 22.9. The summed E-state index contributed by atoms with van der Waals surface area (Å²) in [6.45, 7) is 6.83. The van der Waals surface area contributed by atoms with Gasteiger partial charge in [0.15, 0.2) is 28.8 Å². The van der Waals surface area contributed by atoms with E-state index in [9.17, 15) is 9.90 Å². The van der Waals surface area contributed by atoms with Gasteiger partial charge in [0.25, 0.3) is 0 Å². The molecule has 0 amide bonds. The Kier molecular flexibility index (Phi) is 7.00. The molecule has 0 aliphatic carbocycles. The number of methoxy groups -OCH3 is 2. The average molecular weight is 545 g/mol. The maximum absolute atomic E-state index is 13.4. The van der Waals surface area contributed by atoms with Crippen molar-refractivity contribution in [3.8, 4) is 34.5 Å². The number of allylic oxidation sites excluding steroid dienone is 1. The van der Waals surface area contributed by atoms with Crippen LogP contribution >= 0.6 is 0 Å². The molecule has 3 aromatic rings. The Bertz CT molecular complexity index is 1490. The lowest BCUT2D eigenvalue weighted by atomic mass is 9.99. The number of hydrogen-bond donors (Lipinski definition) is 1. The predicted molar refractivity (Wildman–Crippen MR) is 148 cm³/mol. The van der Waals surface area contributed by atoms with Crippen LogP contribution in [0.3, 0.4) is 0 Å². The van der Waals surface area contributed by atoms with Gasteiger partial charge >= 0.3 is 0 Å². The molecule has 3 aliphatic rings. The number of ketones is 1. The van der Waals surface area contributed by atoms with Crippen molar-refractivity contribution in [1.29, 1.82) is 0 Å². The highest BCUT2D eigenvalue weighted by molar-refractivity contribution is 6.15. The largest absolute Gasteiger partial charge is 0.507 e. The van der Waals surface area contributed by atoms with Crippen LogP contribution in [0.25, 0.3) is 6.08 Å². The van der Waals surface area contributed by atoms with Gasteiger partial charge in [-0.05, 0) is 60.0 Å². The molecule has 3 heterocycles. The Morgan fingerprint density at radius 3 is 2.38 bits per heavy atom. The van der Waals surface area contributed by atoms with Crippen LogP contribution in [0.2, 0.25) is 0 Å². The van der Waals surface area contributed by atoms with Crippen LogP contribution in [0, 0.1) is 6.92 Å². The molecule has 0 spiro atoms. The number of benzene rings is 3. The summed E-state index contributed by atoms with van der Waals surface area (Å²) in [4.78, 5) is 18.1. The number of phenolic OH excluding ortho intramolecular Hbond substituents is 1. The summed E-state index contributed by atoms with van der Waals surface area (Å²) < 4.78 is 27.8. The summed E-state index contributed by atoms with van der Waals surface area (Å²) in [5, 5.41) is 10.9. The SMILES string of the molecule is COc1ccc(/C=C2\Oc3c(CN4CCN(Cc5ccc6c(c5)OCO6)CC4)c(O)cc(C)c3C2=O)cc1OC. The highest BCUT2D eigenvalue weighted by Gasteiger charge is 2.34. The first-order valence-corrected chi connectivity index (χ1v) is 13.3. The molecule has 208 valence electrons. The van der Waals surface area contributed by atoms with Gasteiger partial charge in [-0.25, -0.2) is 0 Å². The molecule has 3 aromatic carbocycles. The molecule has 0 saturated carbocycles. The first-order valence-electron chi connectivity index (χ1n) is 13.3. The Labute approximate surface area is 233 Å².